The Balaban J connectivity index is 2.09. The van der Waals surface area contributed by atoms with Crippen LogP contribution in [0.4, 0.5) is 0 Å². The van der Waals surface area contributed by atoms with Crippen LogP contribution in [0.2, 0.25) is 0 Å². The molecule has 0 bridgehead atoms. The van der Waals surface area contributed by atoms with Crippen LogP contribution in [0.25, 0.3) is 0 Å². The van der Waals surface area contributed by atoms with Gasteiger partial charge in [0.05, 0.1) is 6.04 Å². The highest BCUT2D eigenvalue weighted by atomic mass is 32.1. The topological polar surface area (TPSA) is 28.2 Å². The Morgan fingerprint density at radius 1 is 1.47 bits per heavy atom. The van der Waals surface area contributed by atoms with Crippen LogP contribution in [0.3, 0.4) is 0 Å². The average molecular weight is 281 g/mol. The quantitative estimate of drug-likeness (QED) is 0.919. The second-order valence-corrected chi connectivity index (χ2v) is 7.15. The van der Waals surface area contributed by atoms with Gasteiger partial charge in [-0.1, -0.05) is 20.8 Å². The van der Waals surface area contributed by atoms with Crippen LogP contribution in [-0.4, -0.2) is 35.1 Å². The summed E-state index contributed by atoms with van der Waals surface area (Å²) in [6, 6.07) is 1.62. The highest BCUT2D eigenvalue weighted by Gasteiger charge is 2.31. The molecule has 1 saturated heterocycles. The Bertz CT molecular complexity index is 402. The molecule has 1 N–H and O–H groups in total. The Labute approximate surface area is 121 Å². The minimum atomic E-state index is 0.434. The van der Waals surface area contributed by atoms with Crippen molar-refractivity contribution in [2.45, 2.75) is 59.2 Å². The maximum absolute atomic E-state index is 4.62. The normalized spacial score (nSPS) is 26.8. The summed E-state index contributed by atoms with van der Waals surface area (Å²) >= 11 is 1.87. The molecule has 3 nitrogen and oxygen atoms in total. The number of aromatic nitrogens is 1. The van der Waals surface area contributed by atoms with Crippen LogP contribution >= 0.6 is 11.3 Å². The first kappa shape index (κ1) is 14.9. The van der Waals surface area contributed by atoms with E-state index in [9.17, 15) is 0 Å². The number of nitrogens with zero attached hydrogens (tertiary/aromatic N) is 2. The number of aryl methyl sites for hydroxylation is 1. The Morgan fingerprint density at radius 2 is 2.21 bits per heavy atom. The summed E-state index contributed by atoms with van der Waals surface area (Å²) in [4.78, 5) is 8.63. The predicted molar refractivity (Wildman–Crippen MR) is 82.7 cm³/mol. The zero-order chi connectivity index (χ0) is 14.0. The molecule has 4 heteroatoms. The van der Waals surface area contributed by atoms with Crippen LogP contribution < -0.4 is 5.32 Å². The van der Waals surface area contributed by atoms with Crippen molar-refractivity contribution in [2.24, 2.45) is 5.92 Å². The molecule has 0 spiro atoms. The summed E-state index contributed by atoms with van der Waals surface area (Å²) in [5.41, 5.74) is 0. The molecule has 19 heavy (non-hydrogen) atoms. The average Bonchev–Trinajstić information content (AvgIpc) is 2.87. The lowest BCUT2D eigenvalue weighted by Gasteiger charge is -2.43. The highest BCUT2D eigenvalue weighted by Crippen LogP contribution is 2.28. The lowest BCUT2D eigenvalue weighted by molar-refractivity contribution is 0.0851. The smallest absolute Gasteiger partial charge is 0.110 e. The number of hydrogen-bond acceptors (Lipinski definition) is 4. The monoisotopic (exact) mass is 281 g/mol. The summed E-state index contributed by atoms with van der Waals surface area (Å²) in [5.74, 6) is 0.685. The summed E-state index contributed by atoms with van der Waals surface area (Å²) in [6.45, 7) is 13.6. The molecule has 1 aliphatic rings. The molecule has 0 amide bonds. The van der Waals surface area contributed by atoms with Crippen molar-refractivity contribution in [2.75, 3.05) is 13.1 Å². The van der Waals surface area contributed by atoms with E-state index in [1.807, 2.05) is 17.5 Å². The fraction of sp³-hybridized carbons (Fsp3) is 0.800. The van der Waals surface area contributed by atoms with Crippen molar-refractivity contribution in [1.82, 2.24) is 15.2 Å². The van der Waals surface area contributed by atoms with Crippen molar-refractivity contribution in [1.29, 1.82) is 0 Å². The molecule has 108 valence electrons. The SMILES string of the molecule is CCc1cnc(C(C)N2CC(C(C)C)NCC2C)s1. The van der Waals surface area contributed by atoms with E-state index in [-0.39, 0.29) is 0 Å². The number of nitrogens with one attached hydrogen (secondary N) is 1. The van der Waals surface area contributed by atoms with E-state index in [4.69, 9.17) is 0 Å². The van der Waals surface area contributed by atoms with Gasteiger partial charge in [0.15, 0.2) is 0 Å². The molecule has 1 aliphatic heterocycles. The summed E-state index contributed by atoms with van der Waals surface area (Å²) in [7, 11) is 0. The Hall–Kier alpha value is -0.450. The van der Waals surface area contributed by atoms with Crippen LogP contribution in [0.5, 0.6) is 0 Å². The third-order valence-electron chi connectivity index (χ3n) is 4.23. The van der Waals surface area contributed by atoms with Crippen molar-refractivity contribution >= 4 is 11.3 Å². The van der Waals surface area contributed by atoms with E-state index < -0.39 is 0 Å². The van der Waals surface area contributed by atoms with E-state index in [1.165, 1.54) is 9.88 Å². The molecule has 3 unspecified atom stereocenters. The first-order chi connectivity index (χ1) is 9.02. The lowest BCUT2D eigenvalue weighted by atomic mass is 9.98. The third kappa shape index (κ3) is 3.36. The Kier molecular flexibility index (Phi) is 4.98. The van der Waals surface area contributed by atoms with E-state index in [1.54, 1.807) is 0 Å². The fourth-order valence-electron chi connectivity index (χ4n) is 2.72. The van der Waals surface area contributed by atoms with Crippen molar-refractivity contribution < 1.29 is 0 Å². The van der Waals surface area contributed by atoms with Gasteiger partial charge in [-0.15, -0.1) is 11.3 Å². The molecule has 0 aromatic carbocycles. The van der Waals surface area contributed by atoms with Crippen LogP contribution in [0, 0.1) is 5.92 Å². The largest absolute Gasteiger partial charge is 0.311 e. The molecule has 3 atom stereocenters. The molecular weight excluding hydrogens is 254 g/mol. The van der Waals surface area contributed by atoms with Crippen LogP contribution in [0.15, 0.2) is 6.20 Å². The molecule has 1 aromatic rings. The lowest BCUT2D eigenvalue weighted by Crippen LogP contribution is -2.57. The highest BCUT2D eigenvalue weighted by molar-refractivity contribution is 7.11. The van der Waals surface area contributed by atoms with Gasteiger partial charge in [0.1, 0.15) is 5.01 Å². The van der Waals surface area contributed by atoms with E-state index in [0.717, 1.165) is 19.5 Å². The minimum absolute atomic E-state index is 0.434. The van der Waals surface area contributed by atoms with Crippen molar-refractivity contribution in [3.63, 3.8) is 0 Å². The summed E-state index contributed by atoms with van der Waals surface area (Å²) < 4.78 is 0. The second-order valence-electron chi connectivity index (χ2n) is 6.00. The number of hydrogen-bond donors (Lipinski definition) is 1. The molecule has 0 saturated carbocycles. The molecule has 0 aliphatic carbocycles. The Morgan fingerprint density at radius 3 is 2.79 bits per heavy atom. The van der Waals surface area contributed by atoms with Crippen LogP contribution in [0.1, 0.15) is 50.5 Å². The van der Waals surface area contributed by atoms with E-state index >= 15 is 0 Å². The molecular formula is C15H27N3S. The van der Waals surface area contributed by atoms with Gasteiger partial charge < -0.3 is 5.32 Å². The molecule has 0 radical (unpaired) electrons. The summed E-state index contributed by atoms with van der Waals surface area (Å²) in [5, 5.41) is 4.93. The first-order valence-electron chi connectivity index (χ1n) is 7.46. The zero-order valence-corrected chi connectivity index (χ0v) is 13.6. The van der Waals surface area contributed by atoms with Gasteiger partial charge in [-0.2, -0.15) is 0 Å². The van der Waals surface area contributed by atoms with Crippen LogP contribution in [-0.2, 0) is 6.42 Å². The summed E-state index contributed by atoms with van der Waals surface area (Å²) in [6.07, 6.45) is 3.14. The van der Waals surface area contributed by atoms with Crippen molar-refractivity contribution in [3.8, 4) is 0 Å². The predicted octanol–water partition coefficient (Wildman–Crippen LogP) is 3.08. The minimum Gasteiger partial charge on any atom is -0.311 e. The molecule has 2 rings (SSSR count). The molecule has 1 aromatic heterocycles. The first-order valence-corrected chi connectivity index (χ1v) is 8.28. The number of piperazine rings is 1. The molecule has 2 heterocycles. The van der Waals surface area contributed by atoms with Gasteiger partial charge in [0.2, 0.25) is 0 Å². The van der Waals surface area contributed by atoms with Gasteiger partial charge in [-0.3, -0.25) is 4.90 Å². The van der Waals surface area contributed by atoms with Crippen molar-refractivity contribution in [3.05, 3.63) is 16.1 Å². The third-order valence-corrected chi connectivity index (χ3v) is 5.54. The van der Waals surface area contributed by atoms with E-state index in [2.05, 4.69) is 49.8 Å². The van der Waals surface area contributed by atoms with Gasteiger partial charge in [0.25, 0.3) is 0 Å². The maximum atomic E-state index is 4.62. The standard InChI is InChI=1S/C15H27N3S/c1-6-13-8-17-15(19-13)12(5)18-9-14(10(2)3)16-7-11(18)4/h8,10-12,14,16H,6-7,9H2,1-5H3. The van der Waals surface area contributed by atoms with Gasteiger partial charge >= 0.3 is 0 Å². The molecule has 1 fully saturated rings. The number of thiazole rings is 1. The fourth-order valence-corrected chi connectivity index (χ4v) is 3.65. The number of rotatable bonds is 4. The maximum Gasteiger partial charge on any atom is 0.110 e. The van der Waals surface area contributed by atoms with Gasteiger partial charge in [-0.25, -0.2) is 4.98 Å². The second kappa shape index (κ2) is 6.33. The zero-order valence-electron chi connectivity index (χ0n) is 12.8. The van der Waals surface area contributed by atoms with E-state index in [0.29, 0.717) is 24.0 Å². The van der Waals surface area contributed by atoms with Gasteiger partial charge in [0, 0.05) is 36.2 Å². The van der Waals surface area contributed by atoms with Gasteiger partial charge in [-0.05, 0) is 26.2 Å².